The molecule has 0 saturated carbocycles. The second-order valence-electron chi connectivity index (χ2n) is 2.60. The first-order valence-electron chi connectivity index (χ1n) is 3.42. The molecule has 12 heavy (non-hydrogen) atoms. The number of aromatic carboxylic acids is 1. The molecule has 0 spiro atoms. The lowest BCUT2D eigenvalue weighted by molar-refractivity contribution is 0.0697. The third kappa shape index (κ3) is 2.48. The van der Waals surface area contributed by atoms with E-state index >= 15 is 0 Å². The molecule has 0 bridgehead atoms. The summed E-state index contributed by atoms with van der Waals surface area (Å²) in [5, 5.41) is 8.60. The van der Waals surface area contributed by atoms with E-state index in [-0.39, 0.29) is 24.0 Å². The van der Waals surface area contributed by atoms with E-state index in [1.807, 2.05) is 19.9 Å². The van der Waals surface area contributed by atoms with E-state index in [9.17, 15) is 4.79 Å². The summed E-state index contributed by atoms with van der Waals surface area (Å²) >= 11 is 0. The minimum atomic E-state index is -0.867. The zero-order valence-corrected chi connectivity index (χ0v) is 9.33. The van der Waals surface area contributed by atoms with Gasteiger partial charge in [0.15, 0.2) is 0 Å². The van der Waals surface area contributed by atoms with Gasteiger partial charge < -0.3 is 5.11 Å². The number of halogens is 1. The number of carboxylic acid groups (broad SMARTS) is 1. The summed E-state index contributed by atoms with van der Waals surface area (Å²) in [6.45, 7) is 3.86. The van der Waals surface area contributed by atoms with E-state index in [2.05, 4.69) is 0 Å². The lowest BCUT2D eigenvalue weighted by Crippen LogP contribution is -1.96. The van der Waals surface area contributed by atoms with E-state index in [4.69, 9.17) is 5.11 Å². The number of carbonyl (C=O) groups is 1. The Kier molecular flexibility index (Phi) is 4.23. The predicted molar refractivity (Wildman–Crippen MR) is 58.3 cm³/mol. The summed E-state index contributed by atoms with van der Waals surface area (Å²) < 4.78 is 0. The molecule has 1 aromatic rings. The van der Waals surface area contributed by atoms with Gasteiger partial charge in [-0.3, -0.25) is 0 Å². The number of carboxylic acids is 1. The van der Waals surface area contributed by atoms with Crippen LogP contribution in [0.1, 0.15) is 21.5 Å². The molecule has 0 aromatic heterocycles. The number of rotatable bonds is 1. The fourth-order valence-corrected chi connectivity index (χ4v) is 0.874. The van der Waals surface area contributed by atoms with Crippen molar-refractivity contribution in [3.05, 3.63) is 34.9 Å². The third-order valence-corrected chi connectivity index (χ3v) is 1.75. The van der Waals surface area contributed by atoms with Crippen LogP contribution in [0, 0.1) is 13.8 Å². The van der Waals surface area contributed by atoms with E-state index in [1.54, 1.807) is 12.1 Å². The molecule has 0 radical (unpaired) electrons. The lowest BCUT2D eigenvalue weighted by atomic mass is 10.1. The molecular formula is C9H11IO2. The predicted octanol–water partition coefficient (Wildman–Crippen LogP) is 2.62. The minimum Gasteiger partial charge on any atom is -0.478 e. The highest BCUT2D eigenvalue weighted by Gasteiger charge is 2.02. The molecule has 1 N–H and O–H groups in total. The molecule has 2 nitrogen and oxygen atoms in total. The summed E-state index contributed by atoms with van der Waals surface area (Å²) in [7, 11) is 0. The maximum Gasteiger partial charge on any atom is 0.335 e. The fourth-order valence-electron chi connectivity index (χ4n) is 0.874. The first-order chi connectivity index (χ1) is 5.11. The Hall–Kier alpha value is -0.580. The second-order valence-corrected chi connectivity index (χ2v) is 2.60. The van der Waals surface area contributed by atoms with Crippen LogP contribution in [0.2, 0.25) is 0 Å². The number of aryl methyl sites for hydroxylation is 2. The van der Waals surface area contributed by atoms with Gasteiger partial charge in [-0.25, -0.2) is 4.79 Å². The molecule has 0 saturated heterocycles. The van der Waals surface area contributed by atoms with Crippen LogP contribution in [0.5, 0.6) is 0 Å². The fraction of sp³-hybridized carbons (Fsp3) is 0.222. The molecule has 0 fully saturated rings. The number of hydrogen-bond acceptors (Lipinski definition) is 1. The van der Waals surface area contributed by atoms with E-state index in [0.29, 0.717) is 5.56 Å². The van der Waals surface area contributed by atoms with Gasteiger partial charge in [-0.15, -0.1) is 24.0 Å². The van der Waals surface area contributed by atoms with Gasteiger partial charge in [0.05, 0.1) is 5.56 Å². The molecule has 0 amide bonds. The van der Waals surface area contributed by atoms with Gasteiger partial charge in [0.1, 0.15) is 0 Å². The van der Waals surface area contributed by atoms with Crippen LogP contribution >= 0.6 is 24.0 Å². The Balaban J connectivity index is 0.00000121. The van der Waals surface area contributed by atoms with Crippen molar-refractivity contribution < 1.29 is 9.90 Å². The van der Waals surface area contributed by atoms with Gasteiger partial charge in [0, 0.05) is 0 Å². The summed E-state index contributed by atoms with van der Waals surface area (Å²) in [6, 6.07) is 5.11. The Morgan fingerprint density at radius 2 is 1.83 bits per heavy atom. The average molecular weight is 278 g/mol. The number of benzene rings is 1. The SMILES string of the molecule is Cc1ccc(C(=O)O)cc1C.I. The molecule has 0 heterocycles. The smallest absolute Gasteiger partial charge is 0.335 e. The minimum absolute atomic E-state index is 0. The Labute approximate surface area is 88.6 Å². The molecule has 0 unspecified atom stereocenters. The van der Waals surface area contributed by atoms with Crippen molar-refractivity contribution in [2.24, 2.45) is 0 Å². The van der Waals surface area contributed by atoms with Crippen LogP contribution in [-0.2, 0) is 0 Å². The first kappa shape index (κ1) is 11.4. The molecule has 66 valence electrons. The Bertz CT molecular complexity index is 295. The van der Waals surface area contributed by atoms with E-state index in [1.165, 1.54) is 0 Å². The van der Waals surface area contributed by atoms with Crippen molar-refractivity contribution in [1.82, 2.24) is 0 Å². The van der Waals surface area contributed by atoms with Crippen molar-refractivity contribution in [2.75, 3.05) is 0 Å². The van der Waals surface area contributed by atoms with Gasteiger partial charge in [-0.05, 0) is 37.1 Å². The van der Waals surface area contributed by atoms with Crippen LogP contribution in [0.25, 0.3) is 0 Å². The van der Waals surface area contributed by atoms with Crippen molar-refractivity contribution in [3.63, 3.8) is 0 Å². The molecule has 1 aromatic carbocycles. The highest BCUT2D eigenvalue weighted by molar-refractivity contribution is 14.0. The second kappa shape index (κ2) is 4.45. The monoisotopic (exact) mass is 278 g/mol. The molecule has 1 rings (SSSR count). The quantitative estimate of drug-likeness (QED) is 0.802. The van der Waals surface area contributed by atoms with Gasteiger partial charge in [-0.2, -0.15) is 0 Å². The maximum absolute atomic E-state index is 10.5. The van der Waals surface area contributed by atoms with Crippen molar-refractivity contribution in [1.29, 1.82) is 0 Å². The highest BCUT2D eigenvalue weighted by Crippen LogP contribution is 2.09. The summed E-state index contributed by atoms with van der Waals surface area (Å²) in [4.78, 5) is 10.5. The van der Waals surface area contributed by atoms with Crippen molar-refractivity contribution in [2.45, 2.75) is 13.8 Å². The molecule has 0 aliphatic heterocycles. The van der Waals surface area contributed by atoms with Crippen molar-refractivity contribution >= 4 is 29.9 Å². The molecule has 0 atom stereocenters. The van der Waals surface area contributed by atoms with Gasteiger partial charge >= 0.3 is 5.97 Å². The normalized spacial score (nSPS) is 8.83. The zero-order valence-electron chi connectivity index (χ0n) is 7.00. The molecular weight excluding hydrogens is 267 g/mol. The van der Waals surface area contributed by atoms with Crippen molar-refractivity contribution in [3.8, 4) is 0 Å². The van der Waals surface area contributed by atoms with E-state index in [0.717, 1.165) is 11.1 Å². The average Bonchev–Trinajstić information content (AvgIpc) is 1.94. The first-order valence-corrected chi connectivity index (χ1v) is 3.42. The number of hydrogen-bond donors (Lipinski definition) is 1. The van der Waals surface area contributed by atoms with Gasteiger partial charge in [0.25, 0.3) is 0 Å². The van der Waals surface area contributed by atoms with E-state index < -0.39 is 5.97 Å². The highest BCUT2D eigenvalue weighted by atomic mass is 127. The summed E-state index contributed by atoms with van der Waals surface area (Å²) in [6.07, 6.45) is 0. The molecule has 0 aliphatic rings. The van der Waals surface area contributed by atoms with Gasteiger partial charge in [0.2, 0.25) is 0 Å². The van der Waals surface area contributed by atoms with Crippen LogP contribution in [0.3, 0.4) is 0 Å². The zero-order chi connectivity index (χ0) is 8.43. The van der Waals surface area contributed by atoms with Crippen LogP contribution < -0.4 is 0 Å². The molecule has 3 heteroatoms. The Morgan fingerprint density at radius 3 is 2.25 bits per heavy atom. The van der Waals surface area contributed by atoms with Crippen LogP contribution in [0.15, 0.2) is 18.2 Å². The summed E-state index contributed by atoms with van der Waals surface area (Å²) in [5.74, 6) is -0.867. The summed E-state index contributed by atoms with van der Waals surface area (Å²) in [5.41, 5.74) is 2.49. The third-order valence-electron chi connectivity index (χ3n) is 1.75. The van der Waals surface area contributed by atoms with Crippen LogP contribution in [-0.4, -0.2) is 11.1 Å². The maximum atomic E-state index is 10.5. The van der Waals surface area contributed by atoms with Gasteiger partial charge in [-0.1, -0.05) is 6.07 Å². The molecule has 0 aliphatic carbocycles. The standard InChI is InChI=1S/C9H10O2.HI/c1-6-3-4-8(9(10)11)5-7(6)2;/h3-5H,1-2H3,(H,10,11);1H. The van der Waals surface area contributed by atoms with Crippen LogP contribution in [0.4, 0.5) is 0 Å². The largest absolute Gasteiger partial charge is 0.478 e. The topological polar surface area (TPSA) is 37.3 Å². The Morgan fingerprint density at radius 1 is 1.25 bits per heavy atom. The lowest BCUT2D eigenvalue weighted by Gasteiger charge is -1.99.